The second-order valence-corrected chi connectivity index (χ2v) is 8.24. The SMILES string of the molecule is CNC(=O)[C@@H]1Cc2cc(OC)c(OC)cc2CN1C(=O)c1cc2ccccc2c(=O)s1. The van der Waals surface area contributed by atoms with E-state index in [1.165, 1.54) is 4.90 Å². The molecule has 1 aliphatic rings. The van der Waals surface area contributed by atoms with Crippen molar-refractivity contribution in [2.45, 2.75) is 19.0 Å². The fourth-order valence-electron chi connectivity index (χ4n) is 3.91. The maximum absolute atomic E-state index is 13.5. The molecule has 0 fully saturated rings. The summed E-state index contributed by atoms with van der Waals surface area (Å²) in [6, 6.07) is 11.9. The van der Waals surface area contributed by atoms with Gasteiger partial charge in [-0.15, -0.1) is 0 Å². The predicted octanol–water partition coefficient (Wildman–Crippen LogP) is 2.59. The summed E-state index contributed by atoms with van der Waals surface area (Å²) in [4.78, 5) is 40.5. The van der Waals surface area contributed by atoms with Gasteiger partial charge in [0.2, 0.25) is 10.6 Å². The highest BCUT2D eigenvalue weighted by Crippen LogP contribution is 2.35. The average Bonchev–Trinajstić information content (AvgIpc) is 2.81. The quantitative estimate of drug-likeness (QED) is 0.677. The van der Waals surface area contributed by atoms with Crippen molar-refractivity contribution in [1.82, 2.24) is 10.2 Å². The zero-order chi connectivity index (χ0) is 22.1. The molecule has 0 unspecified atom stereocenters. The molecule has 2 heterocycles. The lowest BCUT2D eigenvalue weighted by atomic mass is 9.92. The first kappa shape index (κ1) is 20.9. The zero-order valence-electron chi connectivity index (χ0n) is 17.4. The number of carbonyl (C=O) groups excluding carboxylic acids is 2. The van der Waals surface area contributed by atoms with Crippen LogP contribution >= 0.6 is 11.3 Å². The molecule has 1 atom stereocenters. The second-order valence-electron chi connectivity index (χ2n) is 7.23. The van der Waals surface area contributed by atoms with Crippen LogP contribution < -0.4 is 19.5 Å². The van der Waals surface area contributed by atoms with Gasteiger partial charge in [-0.1, -0.05) is 29.5 Å². The standard InChI is InChI=1S/C23H22N2O5S/c1-24-21(26)17-8-14-9-18(29-2)19(30-3)10-15(14)12-25(17)22(27)20-11-13-6-4-5-7-16(13)23(28)31-20/h4-7,9-11,17H,8,12H2,1-3H3,(H,24,26)/t17-/m0/s1. The van der Waals surface area contributed by atoms with E-state index in [2.05, 4.69) is 5.32 Å². The number of carbonyl (C=O) groups is 2. The van der Waals surface area contributed by atoms with E-state index in [4.69, 9.17) is 9.47 Å². The highest BCUT2D eigenvalue weighted by atomic mass is 32.1. The molecule has 8 heteroatoms. The summed E-state index contributed by atoms with van der Waals surface area (Å²) >= 11 is 0.902. The first-order valence-electron chi connectivity index (χ1n) is 9.76. The minimum Gasteiger partial charge on any atom is -0.493 e. The molecule has 31 heavy (non-hydrogen) atoms. The Bertz CT molecular complexity index is 1240. The Labute approximate surface area is 183 Å². The molecule has 0 saturated carbocycles. The Morgan fingerprint density at radius 2 is 1.74 bits per heavy atom. The predicted molar refractivity (Wildman–Crippen MR) is 119 cm³/mol. The molecular formula is C23H22N2O5S. The highest BCUT2D eigenvalue weighted by molar-refractivity contribution is 7.12. The first-order valence-corrected chi connectivity index (χ1v) is 10.6. The number of hydrogen-bond acceptors (Lipinski definition) is 6. The molecular weight excluding hydrogens is 416 g/mol. The molecule has 2 aromatic carbocycles. The van der Waals surface area contributed by atoms with E-state index in [-0.39, 0.29) is 23.1 Å². The third-order valence-corrected chi connectivity index (χ3v) is 6.44. The highest BCUT2D eigenvalue weighted by Gasteiger charge is 2.36. The van der Waals surface area contributed by atoms with Crippen LogP contribution in [0.4, 0.5) is 0 Å². The summed E-state index contributed by atoms with van der Waals surface area (Å²) < 4.78 is 10.6. The van der Waals surface area contributed by atoms with Crippen molar-refractivity contribution in [2.75, 3.05) is 21.3 Å². The number of hydrogen-bond donors (Lipinski definition) is 1. The molecule has 0 saturated heterocycles. The summed E-state index contributed by atoms with van der Waals surface area (Å²) in [6.07, 6.45) is 0.337. The van der Waals surface area contributed by atoms with Gasteiger partial charge in [-0.2, -0.15) is 0 Å². The average molecular weight is 439 g/mol. The molecule has 3 aromatic rings. The summed E-state index contributed by atoms with van der Waals surface area (Å²) in [5.74, 6) is 0.524. The van der Waals surface area contributed by atoms with Crippen molar-refractivity contribution in [1.29, 1.82) is 0 Å². The van der Waals surface area contributed by atoms with Crippen LogP contribution in [0.3, 0.4) is 0 Å². The largest absolute Gasteiger partial charge is 0.493 e. The first-order chi connectivity index (χ1) is 15.0. The third-order valence-electron chi connectivity index (χ3n) is 5.53. The number of fused-ring (bicyclic) bond motifs is 2. The van der Waals surface area contributed by atoms with Crippen molar-refractivity contribution < 1.29 is 19.1 Å². The van der Waals surface area contributed by atoms with Crippen molar-refractivity contribution in [3.8, 4) is 11.5 Å². The Kier molecular flexibility index (Phi) is 5.65. The molecule has 160 valence electrons. The van der Waals surface area contributed by atoms with Crippen LogP contribution in [0.5, 0.6) is 11.5 Å². The molecule has 1 N–H and O–H groups in total. The third kappa shape index (κ3) is 3.74. The molecule has 1 aromatic heterocycles. The van der Waals surface area contributed by atoms with Crippen molar-refractivity contribution >= 4 is 33.9 Å². The maximum atomic E-state index is 13.5. The van der Waals surface area contributed by atoms with E-state index < -0.39 is 6.04 Å². The van der Waals surface area contributed by atoms with E-state index in [1.54, 1.807) is 45.5 Å². The molecule has 2 amide bonds. The Hall–Kier alpha value is -3.39. The Morgan fingerprint density at radius 3 is 2.42 bits per heavy atom. The fraction of sp³-hybridized carbons (Fsp3) is 0.261. The Morgan fingerprint density at radius 1 is 1.06 bits per heavy atom. The lowest BCUT2D eigenvalue weighted by Crippen LogP contribution is -2.51. The van der Waals surface area contributed by atoms with E-state index in [0.29, 0.717) is 33.6 Å². The molecule has 0 aliphatic carbocycles. The van der Waals surface area contributed by atoms with Gasteiger partial charge in [0.25, 0.3) is 5.91 Å². The van der Waals surface area contributed by atoms with Gasteiger partial charge >= 0.3 is 0 Å². The van der Waals surface area contributed by atoms with Gasteiger partial charge in [-0.3, -0.25) is 14.4 Å². The number of rotatable bonds is 4. The summed E-state index contributed by atoms with van der Waals surface area (Å²) in [6.45, 7) is 0.223. The summed E-state index contributed by atoms with van der Waals surface area (Å²) in [5.41, 5.74) is 1.79. The monoisotopic (exact) mass is 438 g/mol. The van der Waals surface area contributed by atoms with Crippen LogP contribution in [0.2, 0.25) is 0 Å². The topological polar surface area (TPSA) is 84.9 Å². The van der Waals surface area contributed by atoms with Crippen molar-refractivity contribution in [3.05, 3.63) is 68.0 Å². The number of likely N-dealkylation sites (N-methyl/N-ethyl adjacent to an activating group) is 1. The minimum absolute atomic E-state index is 0.179. The molecule has 1 aliphatic heterocycles. The number of ether oxygens (including phenoxy) is 2. The maximum Gasteiger partial charge on any atom is 0.265 e. The smallest absolute Gasteiger partial charge is 0.265 e. The van der Waals surface area contributed by atoms with Crippen LogP contribution in [0.25, 0.3) is 10.8 Å². The number of amides is 2. The van der Waals surface area contributed by atoms with Crippen molar-refractivity contribution in [3.63, 3.8) is 0 Å². The molecule has 0 bridgehead atoms. The van der Waals surface area contributed by atoms with Gasteiger partial charge in [0.15, 0.2) is 11.5 Å². The number of benzene rings is 2. The van der Waals surface area contributed by atoms with Crippen LogP contribution in [-0.2, 0) is 17.8 Å². The van der Waals surface area contributed by atoms with E-state index >= 15 is 0 Å². The van der Waals surface area contributed by atoms with E-state index in [9.17, 15) is 14.4 Å². The zero-order valence-corrected chi connectivity index (χ0v) is 18.2. The minimum atomic E-state index is -0.697. The van der Waals surface area contributed by atoms with E-state index in [1.807, 2.05) is 18.2 Å². The number of nitrogens with one attached hydrogen (secondary N) is 1. The number of methoxy groups -OCH3 is 2. The van der Waals surface area contributed by atoms with Crippen molar-refractivity contribution in [2.24, 2.45) is 0 Å². The summed E-state index contributed by atoms with van der Waals surface area (Å²) in [5, 5.41) is 3.93. The van der Waals surface area contributed by atoms with Crippen LogP contribution in [0, 0.1) is 0 Å². The lowest BCUT2D eigenvalue weighted by Gasteiger charge is -2.36. The van der Waals surface area contributed by atoms with Gasteiger partial charge in [0.05, 0.1) is 19.1 Å². The summed E-state index contributed by atoms with van der Waals surface area (Å²) in [7, 11) is 4.65. The number of nitrogens with zero attached hydrogens (tertiary/aromatic N) is 1. The van der Waals surface area contributed by atoms with Crippen LogP contribution in [0.15, 0.2) is 47.3 Å². The molecule has 0 spiro atoms. The van der Waals surface area contributed by atoms with Gasteiger partial charge in [-0.05, 0) is 40.8 Å². The Balaban J connectivity index is 1.78. The van der Waals surface area contributed by atoms with Gasteiger partial charge in [0.1, 0.15) is 6.04 Å². The van der Waals surface area contributed by atoms with Gasteiger partial charge in [-0.25, -0.2) is 0 Å². The second kappa shape index (κ2) is 8.39. The molecule has 4 rings (SSSR count). The fourth-order valence-corrected chi connectivity index (χ4v) is 4.79. The molecule has 0 radical (unpaired) electrons. The van der Waals surface area contributed by atoms with Gasteiger partial charge < -0.3 is 19.7 Å². The van der Waals surface area contributed by atoms with E-state index in [0.717, 1.165) is 22.5 Å². The van der Waals surface area contributed by atoms with Crippen LogP contribution in [-0.4, -0.2) is 44.0 Å². The van der Waals surface area contributed by atoms with Gasteiger partial charge in [0, 0.05) is 25.4 Å². The normalized spacial score (nSPS) is 15.3. The molecule has 7 nitrogen and oxygen atoms in total. The van der Waals surface area contributed by atoms with Crippen LogP contribution in [0.1, 0.15) is 20.8 Å². The lowest BCUT2D eigenvalue weighted by molar-refractivity contribution is -0.125.